The molecule has 0 aliphatic carbocycles. The highest BCUT2D eigenvalue weighted by molar-refractivity contribution is 7.89. The third kappa shape index (κ3) is 3.24. The highest BCUT2D eigenvalue weighted by atomic mass is 32.2. The topological polar surface area (TPSA) is 75.4 Å². The molecule has 0 saturated heterocycles. The number of nitrogens with zero attached hydrogens (tertiary/aromatic N) is 3. The fraction of sp³-hybridized carbons (Fsp3) is 0.308. The maximum absolute atomic E-state index is 12.5. The van der Waals surface area contributed by atoms with Gasteiger partial charge in [0.15, 0.2) is 0 Å². The van der Waals surface area contributed by atoms with E-state index < -0.39 is 10.0 Å². The van der Waals surface area contributed by atoms with E-state index in [2.05, 4.69) is 5.10 Å². The predicted molar refractivity (Wildman–Crippen MR) is 74.3 cm³/mol. The van der Waals surface area contributed by atoms with Crippen molar-refractivity contribution >= 4 is 10.0 Å². The summed E-state index contributed by atoms with van der Waals surface area (Å²) in [5, 5.41) is 13.0. The molecule has 0 aliphatic rings. The van der Waals surface area contributed by atoms with Gasteiger partial charge in [0.25, 0.3) is 0 Å². The van der Waals surface area contributed by atoms with E-state index in [4.69, 9.17) is 5.11 Å². The van der Waals surface area contributed by atoms with Crippen molar-refractivity contribution in [3.8, 4) is 0 Å². The number of benzene rings is 1. The molecule has 1 aromatic heterocycles. The molecule has 6 nitrogen and oxygen atoms in total. The summed E-state index contributed by atoms with van der Waals surface area (Å²) in [4.78, 5) is 0.129. The summed E-state index contributed by atoms with van der Waals surface area (Å²) >= 11 is 0. The van der Waals surface area contributed by atoms with E-state index in [1.165, 1.54) is 21.4 Å². The van der Waals surface area contributed by atoms with E-state index in [1.54, 1.807) is 7.05 Å². The minimum Gasteiger partial charge on any atom is -0.395 e. The number of sulfonamides is 1. The van der Waals surface area contributed by atoms with E-state index in [9.17, 15) is 8.42 Å². The van der Waals surface area contributed by atoms with Crippen LogP contribution in [0.3, 0.4) is 0 Å². The average molecular weight is 295 g/mol. The van der Waals surface area contributed by atoms with Gasteiger partial charge >= 0.3 is 0 Å². The van der Waals surface area contributed by atoms with Crippen molar-refractivity contribution in [2.24, 2.45) is 7.05 Å². The molecule has 0 aliphatic heterocycles. The molecule has 108 valence electrons. The first kappa shape index (κ1) is 14.7. The zero-order valence-electron chi connectivity index (χ0n) is 11.2. The highest BCUT2D eigenvalue weighted by Crippen LogP contribution is 2.17. The lowest BCUT2D eigenvalue weighted by atomic mass is 10.2. The van der Waals surface area contributed by atoms with Crippen molar-refractivity contribution < 1.29 is 13.5 Å². The van der Waals surface area contributed by atoms with Crippen LogP contribution in [0.25, 0.3) is 0 Å². The summed E-state index contributed by atoms with van der Waals surface area (Å²) in [7, 11) is -1.99. The molecular weight excluding hydrogens is 278 g/mol. The molecule has 0 spiro atoms. The Kier molecular flexibility index (Phi) is 4.53. The first-order chi connectivity index (χ1) is 9.54. The summed E-state index contributed by atoms with van der Waals surface area (Å²) in [5.74, 6) is 0. The van der Waals surface area contributed by atoms with Gasteiger partial charge in [-0.25, -0.2) is 8.42 Å². The zero-order valence-corrected chi connectivity index (χ0v) is 12.0. The molecule has 1 heterocycles. The average Bonchev–Trinajstić information content (AvgIpc) is 2.87. The Bertz CT molecular complexity index is 653. The molecule has 1 N–H and O–H groups in total. The molecule has 0 fully saturated rings. The van der Waals surface area contributed by atoms with Crippen molar-refractivity contribution in [3.05, 3.63) is 48.3 Å². The lowest BCUT2D eigenvalue weighted by molar-refractivity contribution is 0.251. The van der Waals surface area contributed by atoms with Gasteiger partial charge in [0.05, 0.1) is 12.8 Å². The second-order valence-corrected chi connectivity index (χ2v) is 6.34. The molecule has 0 radical (unpaired) electrons. The smallest absolute Gasteiger partial charge is 0.246 e. The molecule has 1 aromatic carbocycles. The zero-order chi connectivity index (χ0) is 14.6. The lowest BCUT2D eigenvalue weighted by Crippen LogP contribution is -2.33. The number of aliphatic hydroxyl groups is 1. The maximum atomic E-state index is 12.5. The minimum atomic E-state index is -3.65. The van der Waals surface area contributed by atoms with Crippen LogP contribution < -0.4 is 0 Å². The third-order valence-electron chi connectivity index (χ3n) is 2.87. The molecule has 0 unspecified atom stereocenters. The first-order valence-electron chi connectivity index (χ1n) is 6.17. The standard InChI is InChI=1S/C13H17N3O3S/c1-15-11-13(9-14-15)20(18,19)16(7-8-17)10-12-5-3-2-4-6-12/h2-6,9,11,17H,7-8,10H2,1H3. The Balaban J connectivity index is 2.28. The summed E-state index contributed by atoms with van der Waals surface area (Å²) in [6.07, 6.45) is 2.76. The van der Waals surface area contributed by atoms with Gasteiger partial charge in [-0.2, -0.15) is 9.40 Å². The van der Waals surface area contributed by atoms with Crippen LogP contribution in [0.1, 0.15) is 5.56 Å². The highest BCUT2D eigenvalue weighted by Gasteiger charge is 2.25. The van der Waals surface area contributed by atoms with Gasteiger partial charge in [-0.1, -0.05) is 30.3 Å². The molecule has 0 atom stereocenters. The fourth-order valence-corrected chi connectivity index (χ4v) is 3.27. The lowest BCUT2D eigenvalue weighted by Gasteiger charge is -2.20. The maximum Gasteiger partial charge on any atom is 0.246 e. The van der Waals surface area contributed by atoms with Crippen molar-refractivity contribution in [1.29, 1.82) is 0 Å². The summed E-state index contributed by atoms with van der Waals surface area (Å²) in [6.45, 7) is 0.0388. The Hall–Kier alpha value is -1.70. The van der Waals surface area contributed by atoms with Crippen LogP contribution in [0.5, 0.6) is 0 Å². The molecule has 0 amide bonds. The van der Waals surface area contributed by atoms with Crippen molar-refractivity contribution in [3.63, 3.8) is 0 Å². The Morgan fingerprint density at radius 3 is 2.55 bits per heavy atom. The van der Waals surface area contributed by atoms with Crippen LogP contribution in [-0.4, -0.2) is 40.8 Å². The van der Waals surface area contributed by atoms with Crippen molar-refractivity contribution in [1.82, 2.24) is 14.1 Å². The number of hydrogen-bond donors (Lipinski definition) is 1. The summed E-state index contributed by atoms with van der Waals surface area (Å²) in [5.41, 5.74) is 0.869. The van der Waals surface area contributed by atoms with Gasteiger partial charge < -0.3 is 5.11 Å². The van der Waals surface area contributed by atoms with E-state index in [-0.39, 0.29) is 24.6 Å². The normalized spacial score (nSPS) is 11.9. The van der Waals surface area contributed by atoms with Crippen LogP contribution >= 0.6 is 0 Å². The van der Waals surface area contributed by atoms with Crippen LogP contribution in [-0.2, 0) is 23.6 Å². The molecular formula is C13H17N3O3S. The van der Waals surface area contributed by atoms with Crippen molar-refractivity contribution in [2.45, 2.75) is 11.4 Å². The van der Waals surface area contributed by atoms with Gasteiger partial charge in [-0.05, 0) is 5.56 Å². The second kappa shape index (κ2) is 6.17. The molecule has 20 heavy (non-hydrogen) atoms. The third-order valence-corrected chi connectivity index (χ3v) is 4.67. The fourth-order valence-electron chi connectivity index (χ4n) is 1.86. The summed E-state index contributed by atoms with van der Waals surface area (Å²) in [6, 6.07) is 9.27. The number of rotatable bonds is 6. The summed E-state index contributed by atoms with van der Waals surface area (Å²) < 4.78 is 27.7. The van der Waals surface area contributed by atoms with Gasteiger partial charge in [-0.3, -0.25) is 4.68 Å². The second-order valence-electron chi connectivity index (χ2n) is 4.40. The van der Waals surface area contributed by atoms with Crippen LogP contribution in [0, 0.1) is 0 Å². The van der Waals surface area contributed by atoms with E-state index in [0.29, 0.717) is 0 Å². The number of aromatic nitrogens is 2. The molecule has 2 aromatic rings. The minimum absolute atomic E-state index is 0.0477. The van der Waals surface area contributed by atoms with Gasteiger partial charge in [0.2, 0.25) is 10.0 Å². The van der Waals surface area contributed by atoms with Crippen LogP contribution in [0.2, 0.25) is 0 Å². The van der Waals surface area contributed by atoms with E-state index >= 15 is 0 Å². The first-order valence-corrected chi connectivity index (χ1v) is 7.61. The monoisotopic (exact) mass is 295 g/mol. The molecule has 7 heteroatoms. The Labute approximate surface area is 118 Å². The van der Waals surface area contributed by atoms with Gasteiger partial charge in [0, 0.05) is 26.3 Å². The van der Waals surface area contributed by atoms with Gasteiger partial charge in [0.1, 0.15) is 4.90 Å². The number of aryl methyl sites for hydroxylation is 1. The number of aliphatic hydroxyl groups excluding tert-OH is 1. The molecule has 0 saturated carbocycles. The SMILES string of the molecule is Cn1cc(S(=O)(=O)N(CCO)Cc2ccccc2)cn1. The van der Waals surface area contributed by atoms with Gasteiger partial charge in [-0.15, -0.1) is 0 Å². The molecule has 2 rings (SSSR count). The van der Waals surface area contributed by atoms with Crippen LogP contribution in [0.4, 0.5) is 0 Å². The Morgan fingerprint density at radius 1 is 1.30 bits per heavy atom. The van der Waals surface area contributed by atoms with Crippen molar-refractivity contribution in [2.75, 3.05) is 13.2 Å². The molecule has 0 bridgehead atoms. The largest absolute Gasteiger partial charge is 0.395 e. The van der Waals surface area contributed by atoms with Crippen LogP contribution in [0.15, 0.2) is 47.6 Å². The van der Waals surface area contributed by atoms with E-state index in [0.717, 1.165) is 5.56 Å². The predicted octanol–water partition coefficient (Wildman–Crippen LogP) is 0.603. The quantitative estimate of drug-likeness (QED) is 0.847. The van der Waals surface area contributed by atoms with E-state index in [1.807, 2.05) is 30.3 Å². The Morgan fingerprint density at radius 2 is 2.00 bits per heavy atom. The number of hydrogen-bond acceptors (Lipinski definition) is 4.